The molecule has 0 radical (unpaired) electrons. The number of aromatic nitrogens is 2. The third kappa shape index (κ3) is 4.91. The second-order valence-corrected chi connectivity index (χ2v) is 5.76. The highest BCUT2D eigenvalue weighted by Crippen LogP contribution is 2.21. The number of ether oxygens (including phenoxy) is 1. The number of rotatable bonds is 5. The number of amides is 1. The first kappa shape index (κ1) is 17.2. The molecule has 1 saturated heterocycles. The highest BCUT2D eigenvalue weighted by atomic mass is 16.5. The summed E-state index contributed by atoms with van der Waals surface area (Å²) in [6.45, 7) is 7.25. The SMILES string of the molecule is CCOC(=O)CNC(=O)[C@H]1CCCN(c2nc(C)cc(C)n2)C1. The molecule has 7 nitrogen and oxygen atoms in total. The van der Waals surface area contributed by atoms with Crippen LogP contribution in [0.25, 0.3) is 0 Å². The number of aryl methyl sites for hydroxylation is 2. The fourth-order valence-electron chi connectivity index (χ4n) is 2.74. The average Bonchev–Trinajstić information content (AvgIpc) is 2.52. The van der Waals surface area contributed by atoms with Gasteiger partial charge in [-0.2, -0.15) is 0 Å². The van der Waals surface area contributed by atoms with Crippen molar-refractivity contribution in [3.8, 4) is 0 Å². The number of hydrogen-bond donors (Lipinski definition) is 1. The molecule has 1 aliphatic heterocycles. The summed E-state index contributed by atoms with van der Waals surface area (Å²) in [5.41, 5.74) is 1.84. The van der Waals surface area contributed by atoms with Gasteiger partial charge in [0.15, 0.2) is 0 Å². The van der Waals surface area contributed by atoms with Crippen molar-refractivity contribution >= 4 is 17.8 Å². The molecule has 23 heavy (non-hydrogen) atoms. The predicted molar refractivity (Wildman–Crippen MR) is 86.1 cm³/mol. The molecule has 7 heteroatoms. The maximum atomic E-state index is 12.2. The van der Waals surface area contributed by atoms with Crippen molar-refractivity contribution < 1.29 is 14.3 Å². The Morgan fingerprint density at radius 2 is 2.04 bits per heavy atom. The molecule has 0 spiro atoms. The van der Waals surface area contributed by atoms with E-state index in [1.165, 1.54) is 0 Å². The molecule has 1 aliphatic rings. The van der Waals surface area contributed by atoms with Gasteiger partial charge in [-0.15, -0.1) is 0 Å². The molecule has 2 heterocycles. The Kier molecular flexibility index (Phi) is 5.90. The molecule has 0 saturated carbocycles. The summed E-state index contributed by atoms with van der Waals surface area (Å²) in [7, 11) is 0. The Bertz CT molecular complexity index is 556. The highest BCUT2D eigenvalue weighted by Gasteiger charge is 2.27. The first-order chi connectivity index (χ1) is 11.0. The minimum Gasteiger partial charge on any atom is -0.465 e. The fraction of sp³-hybridized carbons (Fsp3) is 0.625. The van der Waals surface area contributed by atoms with Gasteiger partial charge in [-0.25, -0.2) is 9.97 Å². The number of hydrogen-bond acceptors (Lipinski definition) is 6. The van der Waals surface area contributed by atoms with Crippen LogP contribution in [-0.4, -0.2) is 48.1 Å². The number of carbonyl (C=O) groups excluding carboxylic acids is 2. The van der Waals surface area contributed by atoms with E-state index >= 15 is 0 Å². The Hall–Kier alpha value is -2.18. The van der Waals surface area contributed by atoms with Crippen LogP contribution in [0, 0.1) is 19.8 Å². The number of carbonyl (C=O) groups is 2. The number of esters is 1. The average molecular weight is 320 g/mol. The van der Waals surface area contributed by atoms with Gasteiger partial charge in [0, 0.05) is 24.5 Å². The minimum absolute atomic E-state index is 0.0801. The van der Waals surface area contributed by atoms with Crippen molar-refractivity contribution in [2.45, 2.75) is 33.6 Å². The van der Waals surface area contributed by atoms with E-state index in [1.54, 1.807) is 6.92 Å². The van der Waals surface area contributed by atoms with Crippen molar-refractivity contribution in [3.63, 3.8) is 0 Å². The van der Waals surface area contributed by atoms with Gasteiger partial charge >= 0.3 is 5.97 Å². The van der Waals surface area contributed by atoms with E-state index in [1.807, 2.05) is 24.8 Å². The summed E-state index contributed by atoms with van der Waals surface area (Å²) in [5, 5.41) is 2.65. The number of nitrogens with one attached hydrogen (secondary N) is 1. The zero-order valence-electron chi connectivity index (χ0n) is 14.0. The molecule has 1 fully saturated rings. The number of piperidine rings is 1. The molecule has 1 N–H and O–H groups in total. The summed E-state index contributed by atoms with van der Waals surface area (Å²) in [5.74, 6) is -0.0220. The Morgan fingerprint density at radius 1 is 1.35 bits per heavy atom. The zero-order valence-corrected chi connectivity index (χ0v) is 14.0. The normalized spacial score (nSPS) is 17.7. The highest BCUT2D eigenvalue weighted by molar-refractivity contribution is 5.84. The lowest BCUT2D eigenvalue weighted by molar-refractivity contribution is -0.143. The number of anilines is 1. The fourth-order valence-corrected chi connectivity index (χ4v) is 2.74. The van der Waals surface area contributed by atoms with Crippen LogP contribution in [-0.2, 0) is 14.3 Å². The molecule has 0 aromatic carbocycles. The lowest BCUT2D eigenvalue weighted by Crippen LogP contribution is -2.45. The van der Waals surface area contributed by atoms with Gasteiger partial charge in [-0.05, 0) is 39.7 Å². The first-order valence-corrected chi connectivity index (χ1v) is 8.00. The van der Waals surface area contributed by atoms with E-state index in [2.05, 4.69) is 15.3 Å². The molecule has 1 amide bonds. The van der Waals surface area contributed by atoms with E-state index in [4.69, 9.17) is 4.74 Å². The molecule has 0 bridgehead atoms. The first-order valence-electron chi connectivity index (χ1n) is 8.00. The third-order valence-corrected chi connectivity index (χ3v) is 3.76. The van der Waals surface area contributed by atoms with Gasteiger partial charge in [0.05, 0.1) is 12.5 Å². The maximum absolute atomic E-state index is 12.2. The van der Waals surface area contributed by atoms with Crippen LogP contribution in [0.4, 0.5) is 5.95 Å². The quantitative estimate of drug-likeness (QED) is 0.815. The standard InChI is InChI=1S/C16H24N4O3/c1-4-23-14(21)9-17-15(22)13-6-5-7-20(10-13)16-18-11(2)8-12(3)19-16/h8,13H,4-7,9-10H2,1-3H3,(H,17,22)/t13-/m0/s1. The number of nitrogens with zero attached hydrogens (tertiary/aromatic N) is 3. The van der Waals surface area contributed by atoms with Gasteiger partial charge in [0.25, 0.3) is 0 Å². The van der Waals surface area contributed by atoms with E-state index in [-0.39, 0.29) is 18.4 Å². The third-order valence-electron chi connectivity index (χ3n) is 3.76. The second kappa shape index (κ2) is 7.89. The summed E-state index contributed by atoms with van der Waals surface area (Å²) >= 11 is 0. The van der Waals surface area contributed by atoms with E-state index < -0.39 is 5.97 Å². The van der Waals surface area contributed by atoms with Crippen molar-refractivity contribution in [3.05, 3.63) is 17.5 Å². The Balaban J connectivity index is 1.94. The van der Waals surface area contributed by atoms with Crippen molar-refractivity contribution in [2.75, 3.05) is 31.1 Å². The summed E-state index contributed by atoms with van der Waals surface area (Å²) in [6, 6.07) is 1.93. The van der Waals surface area contributed by atoms with Crippen LogP contribution in [0.1, 0.15) is 31.2 Å². The molecular formula is C16H24N4O3. The van der Waals surface area contributed by atoms with Gasteiger partial charge < -0.3 is 15.0 Å². The van der Waals surface area contributed by atoms with Crippen molar-refractivity contribution in [1.82, 2.24) is 15.3 Å². The van der Waals surface area contributed by atoms with E-state index in [9.17, 15) is 9.59 Å². The van der Waals surface area contributed by atoms with Crippen LogP contribution in [0.15, 0.2) is 6.07 Å². The van der Waals surface area contributed by atoms with E-state index in [0.717, 1.165) is 30.8 Å². The van der Waals surface area contributed by atoms with E-state index in [0.29, 0.717) is 19.1 Å². The summed E-state index contributed by atoms with van der Waals surface area (Å²) < 4.78 is 4.81. The molecule has 0 aliphatic carbocycles. The van der Waals surface area contributed by atoms with Gasteiger partial charge in [-0.1, -0.05) is 0 Å². The molecular weight excluding hydrogens is 296 g/mol. The molecule has 126 valence electrons. The topological polar surface area (TPSA) is 84.4 Å². The molecule has 0 unspecified atom stereocenters. The maximum Gasteiger partial charge on any atom is 0.325 e. The molecule has 2 rings (SSSR count). The monoisotopic (exact) mass is 320 g/mol. The Morgan fingerprint density at radius 3 is 2.70 bits per heavy atom. The minimum atomic E-state index is -0.411. The predicted octanol–water partition coefficient (Wildman–Crippen LogP) is 0.989. The second-order valence-electron chi connectivity index (χ2n) is 5.76. The van der Waals surface area contributed by atoms with Gasteiger partial charge in [-0.3, -0.25) is 9.59 Å². The van der Waals surface area contributed by atoms with Crippen molar-refractivity contribution in [2.24, 2.45) is 5.92 Å². The van der Waals surface area contributed by atoms with Crippen LogP contribution in [0.2, 0.25) is 0 Å². The van der Waals surface area contributed by atoms with Crippen molar-refractivity contribution in [1.29, 1.82) is 0 Å². The molecule has 1 aromatic heterocycles. The summed E-state index contributed by atoms with van der Waals surface area (Å²) in [6.07, 6.45) is 1.70. The molecule has 1 atom stereocenters. The molecule has 1 aromatic rings. The van der Waals surface area contributed by atoms with Gasteiger partial charge in [0.2, 0.25) is 11.9 Å². The lowest BCUT2D eigenvalue weighted by atomic mass is 9.97. The van der Waals surface area contributed by atoms with Crippen LogP contribution < -0.4 is 10.2 Å². The van der Waals surface area contributed by atoms with Crippen LogP contribution in [0.5, 0.6) is 0 Å². The largest absolute Gasteiger partial charge is 0.465 e. The summed E-state index contributed by atoms with van der Waals surface area (Å²) in [4.78, 5) is 34.5. The lowest BCUT2D eigenvalue weighted by Gasteiger charge is -2.32. The smallest absolute Gasteiger partial charge is 0.325 e. The van der Waals surface area contributed by atoms with Crippen LogP contribution >= 0.6 is 0 Å². The Labute approximate surface area is 136 Å². The van der Waals surface area contributed by atoms with Crippen LogP contribution in [0.3, 0.4) is 0 Å². The van der Waals surface area contributed by atoms with Gasteiger partial charge in [0.1, 0.15) is 6.54 Å². The zero-order chi connectivity index (χ0) is 16.8.